The number of nitrogens with zero attached hydrogens (tertiary/aromatic N) is 2. The Balaban J connectivity index is 1.72. The van der Waals surface area contributed by atoms with Gasteiger partial charge in [-0.05, 0) is 29.8 Å². The van der Waals surface area contributed by atoms with Gasteiger partial charge in [0.2, 0.25) is 11.3 Å². The van der Waals surface area contributed by atoms with Gasteiger partial charge < -0.3 is 5.32 Å². The summed E-state index contributed by atoms with van der Waals surface area (Å²) >= 11 is 5.83. The van der Waals surface area contributed by atoms with Gasteiger partial charge in [-0.2, -0.15) is 5.10 Å². The first-order chi connectivity index (χ1) is 11.1. The lowest BCUT2D eigenvalue weighted by Crippen LogP contribution is -2.28. The number of rotatable bonds is 4. The minimum absolute atomic E-state index is 0.0500. The molecule has 0 saturated carbocycles. The highest BCUT2D eigenvalue weighted by atomic mass is 35.5. The maximum absolute atomic E-state index is 12.1. The second-order valence-electron chi connectivity index (χ2n) is 5.09. The molecule has 2 aromatic carbocycles. The molecule has 6 heteroatoms. The number of carbonyl (C=O) groups excluding carboxylic acids is 1. The molecule has 0 aliphatic carbocycles. The summed E-state index contributed by atoms with van der Waals surface area (Å²) in [5.74, 6) is -0.179. The highest BCUT2D eigenvalue weighted by molar-refractivity contribution is 6.30. The number of benzene rings is 2. The van der Waals surface area contributed by atoms with Gasteiger partial charge in [0.25, 0.3) is 0 Å². The molecule has 0 radical (unpaired) electrons. The van der Waals surface area contributed by atoms with Crippen LogP contribution in [0, 0.1) is 0 Å². The first-order valence-electron chi connectivity index (χ1n) is 7.09. The van der Waals surface area contributed by atoms with E-state index in [1.165, 1.54) is 10.9 Å². The lowest BCUT2D eigenvalue weighted by atomic mass is 10.2. The van der Waals surface area contributed by atoms with Crippen LogP contribution in [0.4, 0.5) is 0 Å². The third-order valence-electron chi connectivity index (χ3n) is 3.46. The minimum atomic E-state index is -0.179. The van der Waals surface area contributed by atoms with Crippen molar-refractivity contribution in [3.63, 3.8) is 0 Å². The minimum Gasteiger partial charge on any atom is -0.350 e. The average Bonchev–Trinajstić information content (AvgIpc) is 2.57. The molecular formula is C17H14ClN3O2. The molecule has 0 aliphatic rings. The van der Waals surface area contributed by atoms with Crippen molar-refractivity contribution in [2.45, 2.75) is 13.1 Å². The Morgan fingerprint density at radius 1 is 1.13 bits per heavy atom. The van der Waals surface area contributed by atoms with Crippen LogP contribution in [0.5, 0.6) is 0 Å². The number of carbonyl (C=O) groups is 1. The zero-order valence-electron chi connectivity index (χ0n) is 12.2. The summed E-state index contributed by atoms with van der Waals surface area (Å²) in [5, 5.41) is 8.07. The number of halogens is 1. The van der Waals surface area contributed by atoms with Crippen LogP contribution >= 0.6 is 11.6 Å². The molecule has 116 valence electrons. The van der Waals surface area contributed by atoms with Crippen molar-refractivity contribution in [1.29, 1.82) is 0 Å². The van der Waals surface area contributed by atoms with Gasteiger partial charge in [-0.15, -0.1) is 0 Å². The van der Waals surface area contributed by atoms with E-state index in [9.17, 15) is 9.59 Å². The van der Waals surface area contributed by atoms with Crippen molar-refractivity contribution in [3.05, 3.63) is 75.5 Å². The van der Waals surface area contributed by atoms with E-state index in [-0.39, 0.29) is 17.9 Å². The van der Waals surface area contributed by atoms with Crippen LogP contribution in [0.1, 0.15) is 5.56 Å². The zero-order valence-corrected chi connectivity index (χ0v) is 13.0. The van der Waals surface area contributed by atoms with E-state index in [1.54, 1.807) is 30.3 Å². The lowest BCUT2D eigenvalue weighted by Gasteiger charge is -2.10. The summed E-state index contributed by atoms with van der Waals surface area (Å²) < 4.78 is 1.52. The first-order valence-corrected chi connectivity index (χ1v) is 7.47. The topological polar surface area (TPSA) is 64.0 Å². The number of hydrogen-bond acceptors (Lipinski definition) is 3. The van der Waals surface area contributed by atoms with Crippen LogP contribution in [0.3, 0.4) is 0 Å². The zero-order chi connectivity index (χ0) is 16.2. The SMILES string of the molecule is O=C(Cn1ncc(=O)c2ccccc21)NCc1ccc(Cl)cc1. The van der Waals surface area contributed by atoms with Gasteiger partial charge in [-0.1, -0.05) is 35.9 Å². The second-order valence-corrected chi connectivity index (χ2v) is 5.52. The van der Waals surface area contributed by atoms with Gasteiger partial charge in [0.05, 0.1) is 11.7 Å². The predicted octanol–water partition coefficient (Wildman–Crippen LogP) is 2.37. The Kier molecular flexibility index (Phi) is 4.39. The van der Waals surface area contributed by atoms with Crippen LogP contribution in [0.25, 0.3) is 10.9 Å². The molecule has 3 aromatic rings. The molecule has 5 nitrogen and oxygen atoms in total. The molecule has 0 unspecified atom stereocenters. The summed E-state index contributed by atoms with van der Waals surface area (Å²) in [6, 6.07) is 14.4. The smallest absolute Gasteiger partial charge is 0.242 e. The van der Waals surface area contributed by atoms with Gasteiger partial charge in [-0.25, -0.2) is 0 Å². The fourth-order valence-corrected chi connectivity index (χ4v) is 2.41. The number of amides is 1. The quantitative estimate of drug-likeness (QED) is 0.800. The predicted molar refractivity (Wildman–Crippen MR) is 89.3 cm³/mol. The van der Waals surface area contributed by atoms with E-state index in [2.05, 4.69) is 10.4 Å². The van der Waals surface area contributed by atoms with E-state index in [1.807, 2.05) is 18.2 Å². The Hall–Kier alpha value is -2.66. The summed E-state index contributed by atoms with van der Waals surface area (Å²) in [5.41, 5.74) is 1.44. The highest BCUT2D eigenvalue weighted by Crippen LogP contribution is 2.10. The van der Waals surface area contributed by atoms with E-state index in [0.29, 0.717) is 22.5 Å². The Morgan fingerprint density at radius 2 is 1.87 bits per heavy atom. The molecule has 1 amide bonds. The molecule has 0 aliphatic heterocycles. The molecular weight excluding hydrogens is 314 g/mol. The summed E-state index contributed by atoms with van der Waals surface area (Å²) in [6.45, 7) is 0.461. The normalized spacial score (nSPS) is 10.7. The van der Waals surface area contributed by atoms with Crippen LogP contribution in [-0.4, -0.2) is 15.7 Å². The molecule has 1 aromatic heterocycles. The molecule has 23 heavy (non-hydrogen) atoms. The standard InChI is InChI=1S/C17H14ClN3O2/c18-13-7-5-12(6-8-13)9-19-17(23)11-21-15-4-2-1-3-14(15)16(22)10-20-21/h1-8,10H,9,11H2,(H,19,23). The van der Waals surface area contributed by atoms with E-state index >= 15 is 0 Å². The Morgan fingerprint density at radius 3 is 2.65 bits per heavy atom. The van der Waals surface area contributed by atoms with Crippen molar-refractivity contribution in [3.8, 4) is 0 Å². The van der Waals surface area contributed by atoms with Crippen LogP contribution in [-0.2, 0) is 17.9 Å². The first kappa shape index (κ1) is 15.2. The molecule has 0 saturated heterocycles. The average molecular weight is 328 g/mol. The van der Waals surface area contributed by atoms with Crippen molar-refractivity contribution < 1.29 is 4.79 Å². The van der Waals surface area contributed by atoms with Gasteiger partial charge in [0.15, 0.2) is 0 Å². The molecule has 0 fully saturated rings. The number of para-hydroxylation sites is 1. The number of hydrogen-bond donors (Lipinski definition) is 1. The van der Waals surface area contributed by atoms with E-state index in [0.717, 1.165) is 5.56 Å². The molecule has 3 rings (SSSR count). The van der Waals surface area contributed by atoms with Gasteiger partial charge in [0.1, 0.15) is 6.54 Å². The number of aromatic nitrogens is 2. The van der Waals surface area contributed by atoms with Gasteiger partial charge >= 0.3 is 0 Å². The fraction of sp³-hybridized carbons (Fsp3) is 0.118. The third-order valence-corrected chi connectivity index (χ3v) is 3.71. The van der Waals surface area contributed by atoms with Gasteiger partial charge in [0, 0.05) is 17.0 Å². The van der Waals surface area contributed by atoms with Crippen molar-refractivity contribution >= 4 is 28.4 Å². The maximum Gasteiger partial charge on any atom is 0.242 e. The fourth-order valence-electron chi connectivity index (χ4n) is 2.28. The molecule has 1 N–H and O–H groups in total. The highest BCUT2D eigenvalue weighted by Gasteiger charge is 2.07. The van der Waals surface area contributed by atoms with Crippen LogP contribution in [0.2, 0.25) is 5.02 Å². The van der Waals surface area contributed by atoms with Crippen LogP contribution < -0.4 is 10.7 Å². The number of fused-ring (bicyclic) bond motifs is 1. The Bertz CT molecular complexity index is 904. The largest absolute Gasteiger partial charge is 0.350 e. The summed E-state index contributed by atoms with van der Waals surface area (Å²) in [4.78, 5) is 23.9. The van der Waals surface area contributed by atoms with Crippen LogP contribution in [0.15, 0.2) is 59.5 Å². The van der Waals surface area contributed by atoms with Crippen molar-refractivity contribution in [1.82, 2.24) is 15.1 Å². The monoisotopic (exact) mass is 327 g/mol. The molecule has 0 spiro atoms. The number of nitrogens with one attached hydrogen (secondary N) is 1. The second kappa shape index (κ2) is 6.62. The lowest BCUT2D eigenvalue weighted by molar-refractivity contribution is -0.121. The molecule has 0 atom stereocenters. The van der Waals surface area contributed by atoms with E-state index < -0.39 is 0 Å². The summed E-state index contributed by atoms with van der Waals surface area (Å²) in [6.07, 6.45) is 1.23. The summed E-state index contributed by atoms with van der Waals surface area (Å²) in [7, 11) is 0. The molecule has 0 bridgehead atoms. The van der Waals surface area contributed by atoms with Gasteiger partial charge in [-0.3, -0.25) is 14.3 Å². The van der Waals surface area contributed by atoms with Crippen molar-refractivity contribution in [2.24, 2.45) is 0 Å². The maximum atomic E-state index is 12.1. The van der Waals surface area contributed by atoms with Crippen molar-refractivity contribution in [2.75, 3.05) is 0 Å². The Labute approximate surface area is 137 Å². The van der Waals surface area contributed by atoms with E-state index in [4.69, 9.17) is 11.6 Å². The molecule has 1 heterocycles. The third kappa shape index (κ3) is 3.57.